The Kier molecular flexibility index (Phi) is 8.45. The lowest BCUT2D eigenvalue weighted by Gasteiger charge is -2.22. The fourth-order valence-electron chi connectivity index (χ4n) is 4.22. The van der Waals surface area contributed by atoms with Crippen molar-refractivity contribution in [2.24, 2.45) is 0 Å². The average molecular weight is 419 g/mol. The number of aryl methyl sites for hydroxylation is 2. The van der Waals surface area contributed by atoms with Crippen molar-refractivity contribution in [3.05, 3.63) is 77.1 Å². The third-order valence-electron chi connectivity index (χ3n) is 5.84. The summed E-state index contributed by atoms with van der Waals surface area (Å²) in [5.74, 6) is 0.892. The van der Waals surface area contributed by atoms with E-state index in [1.165, 1.54) is 27.8 Å². The Hall–Kier alpha value is -2.88. The van der Waals surface area contributed by atoms with Crippen LogP contribution in [0.2, 0.25) is 0 Å². The van der Waals surface area contributed by atoms with Gasteiger partial charge in [-0.15, -0.1) is 0 Å². The van der Waals surface area contributed by atoms with Crippen molar-refractivity contribution in [2.45, 2.75) is 64.8 Å². The molecule has 2 aromatic rings. The maximum Gasteiger partial charge on any atom is 0.244 e. The number of rotatable bonds is 10. The van der Waals surface area contributed by atoms with Gasteiger partial charge in [0, 0.05) is 24.5 Å². The second-order valence-corrected chi connectivity index (χ2v) is 8.27. The number of allylic oxidation sites excluding steroid dienone is 3. The molecule has 4 nitrogen and oxygen atoms in total. The second-order valence-electron chi connectivity index (χ2n) is 8.27. The van der Waals surface area contributed by atoms with Crippen LogP contribution in [0.3, 0.4) is 0 Å². The molecular formula is C27H34N2O2. The smallest absolute Gasteiger partial charge is 0.244 e. The number of aromatic nitrogens is 1. The first-order valence-corrected chi connectivity index (χ1v) is 11.4. The van der Waals surface area contributed by atoms with Crippen LogP contribution in [-0.4, -0.2) is 24.0 Å². The number of amides is 1. The van der Waals surface area contributed by atoms with Gasteiger partial charge in [0.25, 0.3) is 0 Å². The van der Waals surface area contributed by atoms with Gasteiger partial charge in [-0.1, -0.05) is 31.6 Å². The van der Waals surface area contributed by atoms with E-state index in [1.54, 1.807) is 19.4 Å². The quantitative estimate of drug-likeness (QED) is 0.506. The standard InChI is InChI=1S/C27H34N2O2/c1-4-7-25-22(11-12-23-18-24(31-3)14-15-26(23)25)13-16-27(30)29-20(2)8-5-9-21-10-6-17-28-19-21/h6,10,13-20H,4-5,7-9,11-12H2,1-3H3,(H,29,30)/t20-/m1/s1. The Balaban J connectivity index is 1.58. The molecule has 1 aliphatic carbocycles. The highest BCUT2D eigenvalue weighted by Crippen LogP contribution is 2.36. The summed E-state index contributed by atoms with van der Waals surface area (Å²) >= 11 is 0. The zero-order valence-corrected chi connectivity index (χ0v) is 19.0. The van der Waals surface area contributed by atoms with E-state index in [1.807, 2.05) is 24.4 Å². The van der Waals surface area contributed by atoms with Crippen molar-refractivity contribution in [2.75, 3.05) is 7.11 Å². The summed E-state index contributed by atoms with van der Waals surface area (Å²) in [6.07, 6.45) is 14.4. The number of methoxy groups -OCH3 is 1. The molecule has 1 N–H and O–H groups in total. The molecule has 3 rings (SSSR count). The molecular weight excluding hydrogens is 384 g/mol. The van der Waals surface area contributed by atoms with Crippen molar-refractivity contribution in [1.29, 1.82) is 0 Å². The maximum absolute atomic E-state index is 12.5. The number of fused-ring (bicyclic) bond motifs is 1. The van der Waals surface area contributed by atoms with E-state index in [0.717, 1.165) is 50.7 Å². The lowest BCUT2D eigenvalue weighted by atomic mass is 9.83. The van der Waals surface area contributed by atoms with Crippen LogP contribution in [-0.2, 0) is 17.6 Å². The largest absolute Gasteiger partial charge is 0.497 e. The molecule has 1 atom stereocenters. The van der Waals surface area contributed by atoms with Gasteiger partial charge in [0.05, 0.1) is 7.11 Å². The van der Waals surface area contributed by atoms with E-state index >= 15 is 0 Å². The van der Waals surface area contributed by atoms with Gasteiger partial charge < -0.3 is 10.1 Å². The van der Waals surface area contributed by atoms with Gasteiger partial charge >= 0.3 is 0 Å². The topological polar surface area (TPSA) is 51.2 Å². The summed E-state index contributed by atoms with van der Waals surface area (Å²) in [7, 11) is 1.71. The van der Waals surface area contributed by atoms with Crippen molar-refractivity contribution in [1.82, 2.24) is 10.3 Å². The zero-order valence-electron chi connectivity index (χ0n) is 19.0. The SMILES string of the molecule is CCCC1=C(C=CC(=O)N[C@H](C)CCCc2cccnc2)CCc2cc(OC)ccc21. The summed E-state index contributed by atoms with van der Waals surface area (Å²) < 4.78 is 5.39. The van der Waals surface area contributed by atoms with Gasteiger partial charge in [0.1, 0.15) is 5.75 Å². The second kappa shape index (κ2) is 11.5. The highest BCUT2D eigenvalue weighted by Gasteiger charge is 2.18. The van der Waals surface area contributed by atoms with Gasteiger partial charge in [-0.3, -0.25) is 9.78 Å². The molecule has 0 saturated heterocycles. The van der Waals surface area contributed by atoms with Crippen molar-refractivity contribution in [3.8, 4) is 5.75 Å². The molecule has 1 aromatic carbocycles. The van der Waals surface area contributed by atoms with Crippen LogP contribution in [0, 0.1) is 0 Å². The highest BCUT2D eigenvalue weighted by atomic mass is 16.5. The Morgan fingerprint density at radius 2 is 2.13 bits per heavy atom. The fourth-order valence-corrected chi connectivity index (χ4v) is 4.22. The number of hydrogen-bond donors (Lipinski definition) is 1. The molecule has 164 valence electrons. The Bertz CT molecular complexity index is 932. The minimum absolute atomic E-state index is 0.0160. The number of nitrogens with zero attached hydrogens (tertiary/aromatic N) is 1. The Labute approximate surface area is 186 Å². The molecule has 1 aliphatic rings. The van der Waals surface area contributed by atoms with Crippen LogP contribution in [0.15, 0.2) is 60.5 Å². The first kappa shape index (κ1) is 22.8. The first-order chi connectivity index (χ1) is 15.1. The normalized spacial score (nSPS) is 14.4. The predicted octanol–water partition coefficient (Wildman–Crippen LogP) is 5.67. The number of hydrogen-bond acceptors (Lipinski definition) is 3. The van der Waals surface area contributed by atoms with E-state index in [4.69, 9.17) is 4.74 Å². The Morgan fingerprint density at radius 3 is 2.87 bits per heavy atom. The van der Waals surface area contributed by atoms with Crippen LogP contribution in [0.4, 0.5) is 0 Å². The van der Waals surface area contributed by atoms with Crippen LogP contribution >= 0.6 is 0 Å². The van der Waals surface area contributed by atoms with Crippen molar-refractivity contribution in [3.63, 3.8) is 0 Å². The van der Waals surface area contributed by atoms with Crippen LogP contribution in [0.5, 0.6) is 5.75 Å². The third-order valence-corrected chi connectivity index (χ3v) is 5.84. The zero-order chi connectivity index (χ0) is 22.1. The molecule has 0 bridgehead atoms. The average Bonchev–Trinajstić information content (AvgIpc) is 2.79. The number of carbonyl (C=O) groups excluding carboxylic acids is 1. The van der Waals surface area contributed by atoms with Gasteiger partial charge in [-0.25, -0.2) is 0 Å². The molecule has 0 unspecified atom stereocenters. The van der Waals surface area contributed by atoms with Crippen LogP contribution in [0.1, 0.15) is 62.6 Å². The molecule has 0 aliphatic heterocycles. The van der Waals surface area contributed by atoms with Crippen molar-refractivity contribution < 1.29 is 9.53 Å². The summed E-state index contributed by atoms with van der Waals surface area (Å²) in [5, 5.41) is 3.11. The van der Waals surface area contributed by atoms with Gasteiger partial charge in [0.2, 0.25) is 5.91 Å². The lowest BCUT2D eigenvalue weighted by Crippen LogP contribution is -2.31. The molecule has 4 heteroatoms. The van der Waals surface area contributed by atoms with Gasteiger partial charge in [-0.2, -0.15) is 0 Å². The summed E-state index contributed by atoms with van der Waals surface area (Å²) in [5.41, 5.74) is 6.52. The number of nitrogens with one attached hydrogen (secondary N) is 1. The maximum atomic E-state index is 12.5. The minimum atomic E-state index is -0.0160. The first-order valence-electron chi connectivity index (χ1n) is 11.4. The molecule has 0 saturated carbocycles. The van der Waals surface area contributed by atoms with E-state index in [9.17, 15) is 4.79 Å². The van der Waals surface area contributed by atoms with E-state index in [0.29, 0.717) is 0 Å². The minimum Gasteiger partial charge on any atom is -0.497 e. The summed E-state index contributed by atoms with van der Waals surface area (Å²) in [6.45, 7) is 4.27. The molecule has 0 radical (unpaired) electrons. The van der Waals surface area contributed by atoms with E-state index < -0.39 is 0 Å². The monoisotopic (exact) mass is 418 g/mol. The highest BCUT2D eigenvalue weighted by molar-refractivity contribution is 5.89. The molecule has 1 heterocycles. The number of pyridine rings is 1. The third kappa shape index (κ3) is 6.55. The lowest BCUT2D eigenvalue weighted by molar-refractivity contribution is -0.117. The Morgan fingerprint density at radius 1 is 1.26 bits per heavy atom. The summed E-state index contributed by atoms with van der Waals surface area (Å²) in [6, 6.07) is 10.5. The molecule has 1 amide bonds. The van der Waals surface area contributed by atoms with Crippen molar-refractivity contribution >= 4 is 11.5 Å². The van der Waals surface area contributed by atoms with Crippen LogP contribution in [0.25, 0.3) is 5.57 Å². The van der Waals surface area contributed by atoms with Gasteiger partial charge in [-0.05, 0) is 91.5 Å². The molecule has 0 spiro atoms. The van der Waals surface area contributed by atoms with Gasteiger partial charge in [0.15, 0.2) is 0 Å². The summed E-state index contributed by atoms with van der Waals surface area (Å²) in [4.78, 5) is 16.6. The predicted molar refractivity (Wildman–Crippen MR) is 127 cm³/mol. The fraction of sp³-hybridized carbons (Fsp3) is 0.407. The van der Waals surface area contributed by atoms with E-state index in [-0.39, 0.29) is 11.9 Å². The molecule has 0 fully saturated rings. The molecule has 31 heavy (non-hydrogen) atoms. The number of benzene rings is 1. The van der Waals surface area contributed by atoms with E-state index in [2.05, 4.69) is 42.3 Å². The van der Waals surface area contributed by atoms with Crippen LogP contribution < -0.4 is 10.1 Å². The number of ether oxygens (including phenoxy) is 1. The molecule has 1 aromatic heterocycles. The number of carbonyl (C=O) groups is 1.